The number of allylic oxidation sites excluding steroid dienone is 1. The number of imide groups is 1. The zero-order chi connectivity index (χ0) is 25.6. The molecular formula is C26H17BrF3N3O3. The molecule has 10 heteroatoms. The van der Waals surface area contributed by atoms with Crippen molar-refractivity contribution in [1.29, 1.82) is 0 Å². The van der Waals surface area contributed by atoms with Gasteiger partial charge in [0.15, 0.2) is 0 Å². The highest BCUT2D eigenvalue weighted by Gasteiger charge is 2.36. The molecular weight excluding hydrogens is 539 g/mol. The van der Waals surface area contributed by atoms with Gasteiger partial charge in [0.25, 0.3) is 11.8 Å². The highest BCUT2D eigenvalue weighted by Crippen LogP contribution is 2.36. The molecule has 0 radical (unpaired) electrons. The van der Waals surface area contributed by atoms with Crippen LogP contribution in [0.25, 0.3) is 11.0 Å². The maximum Gasteiger partial charge on any atom is 0.387 e. The number of fused-ring (bicyclic) bond motifs is 2. The third-order valence-corrected chi connectivity index (χ3v) is 6.55. The van der Waals surface area contributed by atoms with E-state index in [4.69, 9.17) is 4.74 Å². The first-order valence-electron chi connectivity index (χ1n) is 10.8. The third-order valence-electron chi connectivity index (χ3n) is 5.94. The summed E-state index contributed by atoms with van der Waals surface area (Å²) in [5, 5.41) is 0. The van der Waals surface area contributed by atoms with E-state index in [0.717, 1.165) is 4.90 Å². The SMILES string of the molecule is C=CC(c1ccccc1OC(F)F)n1c(CN2C(=O)c3ccccc3C2=O)nc2cc(F)c(Br)cc21. The number of imidazole rings is 1. The number of hydrogen-bond acceptors (Lipinski definition) is 4. The topological polar surface area (TPSA) is 64.4 Å². The average Bonchev–Trinajstić information content (AvgIpc) is 3.31. The van der Waals surface area contributed by atoms with Crippen LogP contribution in [-0.2, 0) is 6.54 Å². The smallest absolute Gasteiger partial charge is 0.387 e. The Bertz CT molecular complexity index is 1500. The summed E-state index contributed by atoms with van der Waals surface area (Å²) in [5.74, 6) is -1.38. The molecule has 2 heterocycles. The Balaban J connectivity index is 1.67. The predicted molar refractivity (Wildman–Crippen MR) is 129 cm³/mol. The van der Waals surface area contributed by atoms with Crippen LogP contribution in [0.4, 0.5) is 13.2 Å². The van der Waals surface area contributed by atoms with E-state index >= 15 is 0 Å². The molecule has 6 nitrogen and oxygen atoms in total. The van der Waals surface area contributed by atoms with Crippen molar-refractivity contribution in [3.8, 4) is 5.75 Å². The Morgan fingerprint density at radius 1 is 1.03 bits per heavy atom. The quantitative estimate of drug-likeness (QED) is 0.204. The van der Waals surface area contributed by atoms with Gasteiger partial charge in [0.05, 0.1) is 39.2 Å². The van der Waals surface area contributed by atoms with Gasteiger partial charge in [0, 0.05) is 11.6 Å². The van der Waals surface area contributed by atoms with E-state index < -0.39 is 30.3 Å². The first-order chi connectivity index (χ1) is 17.3. The number of ether oxygens (including phenoxy) is 1. The molecule has 1 atom stereocenters. The van der Waals surface area contributed by atoms with Gasteiger partial charge >= 0.3 is 6.61 Å². The molecule has 0 spiro atoms. The third kappa shape index (κ3) is 3.97. The van der Waals surface area contributed by atoms with Crippen molar-refractivity contribution in [2.45, 2.75) is 19.2 Å². The molecule has 0 bridgehead atoms. The lowest BCUT2D eigenvalue weighted by molar-refractivity contribution is -0.0506. The van der Waals surface area contributed by atoms with Gasteiger partial charge in [-0.2, -0.15) is 8.78 Å². The fourth-order valence-electron chi connectivity index (χ4n) is 4.39. The number of carbonyl (C=O) groups excluding carboxylic acids is 2. The molecule has 3 aromatic carbocycles. The number of para-hydroxylation sites is 1. The number of nitrogens with zero attached hydrogens (tertiary/aromatic N) is 3. The highest BCUT2D eigenvalue weighted by atomic mass is 79.9. The van der Waals surface area contributed by atoms with Gasteiger partial charge < -0.3 is 9.30 Å². The molecule has 182 valence electrons. The lowest BCUT2D eigenvalue weighted by Crippen LogP contribution is -2.31. The molecule has 0 saturated carbocycles. The average molecular weight is 556 g/mol. The molecule has 0 fully saturated rings. The number of hydrogen-bond donors (Lipinski definition) is 0. The molecule has 4 aromatic rings. The summed E-state index contributed by atoms with van der Waals surface area (Å²) >= 11 is 3.18. The number of carbonyl (C=O) groups is 2. The fraction of sp³-hybridized carbons (Fsp3) is 0.115. The summed E-state index contributed by atoms with van der Waals surface area (Å²) in [5.41, 5.74) is 1.58. The van der Waals surface area contributed by atoms with E-state index in [2.05, 4.69) is 27.5 Å². The summed E-state index contributed by atoms with van der Waals surface area (Å²) in [4.78, 5) is 31.6. The Hall–Kier alpha value is -3.92. The van der Waals surface area contributed by atoms with E-state index in [1.165, 1.54) is 24.3 Å². The molecule has 36 heavy (non-hydrogen) atoms. The van der Waals surface area contributed by atoms with Gasteiger partial charge in [-0.25, -0.2) is 9.37 Å². The monoisotopic (exact) mass is 555 g/mol. The number of amides is 2. The molecule has 5 rings (SSSR count). The van der Waals surface area contributed by atoms with E-state index in [0.29, 0.717) is 11.1 Å². The number of benzene rings is 3. The molecule has 0 aliphatic carbocycles. The number of rotatable bonds is 7. The van der Waals surface area contributed by atoms with Crippen LogP contribution < -0.4 is 4.74 Å². The lowest BCUT2D eigenvalue weighted by atomic mass is 10.0. The van der Waals surface area contributed by atoms with Gasteiger partial charge in [-0.15, -0.1) is 6.58 Å². The Kier molecular flexibility index (Phi) is 6.13. The van der Waals surface area contributed by atoms with Crippen molar-refractivity contribution in [2.24, 2.45) is 0 Å². The second-order valence-corrected chi connectivity index (χ2v) is 8.85. The minimum atomic E-state index is -3.06. The molecule has 2 amide bonds. The van der Waals surface area contributed by atoms with Gasteiger partial charge in [-0.3, -0.25) is 14.5 Å². The maximum absolute atomic E-state index is 14.4. The predicted octanol–water partition coefficient (Wildman–Crippen LogP) is 6.11. The van der Waals surface area contributed by atoms with E-state index in [1.807, 2.05) is 0 Å². The van der Waals surface area contributed by atoms with Crippen molar-refractivity contribution in [1.82, 2.24) is 14.5 Å². The standard InChI is InChI=1S/C26H17BrF3N3O3/c1-2-20(16-9-5-6-10-22(16)36-26(29)30)33-21-11-17(27)18(28)12-19(21)31-23(33)13-32-24(34)14-7-3-4-8-15(14)25(32)35/h2-12,20,26H,1,13H2. The van der Waals surface area contributed by atoms with Crippen LogP contribution in [0.2, 0.25) is 0 Å². The van der Waals surface area contributed by atoms with Gasteiger partial charge in [0.2, 0.25) is 0 Å². The number of aromatic nitrogens is 2. The van der Waals surface area contributed by atoms with Crippen molar-refractivity contribution in [2.75, 3.05) is 0 Å². The summed E-state index contributed by atoms with van der Waals surface area (Å²) in [7, 11) is 0. The lowest BCUT2D eigenvalue weighted by Gasteiger charge is -2.23. The van der Waals surface area contributed by atoms with Crippen molar-refractivity contribution in [3.05, 3.63) is 106 Å². The van der Waals surface area contributed by atoms with Crippen LogP contribution in [0, 0.1) is 5.82 Å². The maximum atomic E-state index is 14.4. The van der Waals surface area contributed by atoms with Crippen molar-refractivity contribution >= 4 is 38.8 Å². The number of halogens is 4. The molecule has 0 saturated heterocycles. The molecule has 1 aliphatic rings. The number of alkyl halides is 2. The Labute approximate surface area is 211 Å². The molecule has 0 N–H and O–H groups in total. The van der Waals surface area contributed by atoms with Crippen LogP contribution in [0.3, 0.4) is 0 Å². The molecule has 1 unspecified atom stereocenters. The Morgan fingerprint density at radius 3 is 2.31 bits per heavy atom. The minimum Gasteiger partial charge on any atom is -0.434 e. The minimum absolute atomic E-state index is 0.0768. The second kappa shape index (κ2) is 9.27. The van der Waals surface area contributed by atoms with Gasteiger partial charge in [-0.1, -0.05) is 36.4 Å². The van der Waals surface area contributed by atoms with Crippen molar-refractivity contribution < 1.29 is 27.5 Å². The van der Waals surface area contributed by atoms with Crippen LogP contribution >= 0.6 is 15.9 Å². The summed E-state index contributed by atoms with van der Waals surface area (Å²) in [6, 6.07) is 14.6. The summed E-state index contributed by atoms with van der Waals surface area (Å²) < 4.78 is 47.1. The van der Waals surface area contributed by atoms with Crippen LogP contribution in [0.1, 0.15) is 38.1 Å². The molecule has 1 aromatic heterocycles. The van der Waals surface area contributed by atoms with E-state index in [1.54, 1.807) is 47.0 Å². The normalized spacial score (nSPS) is 14.0. The zero-order valence-corrected chi connectivity index (χ0v) is 20.1. The van der Waals surface area contributed by atoms with Crippen LogP contribution in [-0.4, -0.2) is 32.9 Å². The highest BCUT2D eigenvalue weighted by molar-refractivity contribution is 9.10. The van der Waals surface area contributed by atoms with Crippen LogP contribution in [0.5, 0.6) is 5.75 Å². The van der Waals surface area contributed by atoms with Gasteiger partial charge in [0.1, 0.15) is 17.4 Å². The summed E-state index contributed by atoms with van der Waals surface area (Å²) in [6.07, 6.45) is 1.50. The first kappa shape index (κ1) is 23.8. The Morgan fingerprint density at radius 2 is 1.67 bits per heavy atom. The summed E-state index contributed by atoms with van der Waals surface area (Å²) in [6.45, 7) is 0.579. The van der Waals surface area contributed by atoms with Crippen LogP contribution in [0.15, 0.2) is 77.8 Å². The van der Waals surface area contributed by atoms with E-state index in [9.17, 15) is 22.8 Å². The van der Waals surface area contributed by atoms with Crippen molar-refractivity contribution in [3.63, 3.8) is 0 Å². The largest absolute Gasteiger partial charge is 0.434 e. The molecule has 1 aliphatic heterocycles. The first-order valence-corrected chi connectivity index (χ1v) is 11.6. The second-order valence-electron chi connectivity index (χ2n) is 7.99. The van der Waals surface area contributed by atoms with E-state index in [-0.39, 0.29) is 39.2 Å². The zero-order valence-electron chi connectivity index (χ0n) is 18.5. The fourth-order valence-corrected chi connectivity index (χ4v) is 4.72. The van der Waals surface area contributed by atoms with Gasteiger partial charge in [-0.05, 0) is 40.2 Å².